The third-order valence-corrected chi connectivity index (χ3v) is 4.40. The molecule has 1 aliphatic rings. The summed E-state index contributed by atoms with van der Waals surface area (Å²) in [4.78, 5) is 23.9. The molecule has 0 aliphatic carbocycles. The minimum atomic E-state index is -0.374. The van der Waals surface area contributed by atoms with Gasteiger partial charge in [-0.05, 0) is 42.3 Å². The number of hydrogen-bond acceptors (Lipinski definition) is 4. The zero-order valence-electron chi connectivity index (χ0n) is 16.2. The van der Waals surface area contributed by atoms with E-state index in [1.165, 1.54) is 12.1 Å². The van der Waals surface area contributed by atoms with Crippen LogP contribution in [0.5, 0.6) is 11.5 Å². The molecule has 3 rings (SSSR count). The van der Waals surface area contributed by atoms with Gasteiger partial charge in [-0.2, -0.15) is 0 Å². The molecule has 7 nitrogen and oxygen atoms in total. The molecule has 1 aliphatic heterocycles. The van der Waals surface area contributed by atoms with Crippen LogP contribution in [0.25, 0.3) is 0 Å². The maximum absolute atomic E-state index is 13.1. The van der Waals surface area contributed by atoms with Gasteiger partial charge in [-0.25, -0.2) is 9.18 Å². The first-order valence-corrected chi connectivity index (χ1v) is 9.46. The van der Waals surface area contributed by atoms with Crippen molar-refractivity contribution in [1.82, 2.24) is 16.0 Å². The minimum absolute atomic E-state index is 0.0884. The average Bonchev–Trinajstić information content (AvgIpc) is 2.71. The van der Waals surface area contributed by atoms with Crippen LogP contribution in [0, 0.1) is 5.82 Å². The SMILES string of the molecule is CC(NC(=O)NCCNC(=O)Cc1cccc(F)c1)c1ccc2c(c1)OCCO2. The van der Waals surface area contributed by atoms with E-state index in [0.29, 0.717) is 30.3 Å². The highest BCUT2D eigenvalue weighted by molar-refractivity contribution is 5.78. The Kier molecular flexibility index (Phi) is 6.89. The number of urea groups is 1. The normalized spacial score (nSPS) is 13.3. The van der Waals surface area contributed by atoms with E-state index in [9.17, 15) is 14.0 Å². The highest BCUT2D eigenvalue weighted by Gasteiger charge is 2.15. The molecule has 0 aromatic heterocycles. The number of hydrogen-bond donors (Lipinski definition) is 3. The van der Waals surface area contributed by atoms with Crippen LogP contribution in [0.4, 0.5) is 9.18 Å². The molecule has 1 heterocycles. The van der Waals surface area contributed by atoms with Gasteiger partial charge in [0.2, 0.25) is 5.91 Å². The lowest BCUT2D eigenvalue weighted by Gasteiger charge is -2.21. The van der Waals surface area contributed by atoms with E-state index in [1.54, 1.807) is 12.1 Å². The van der Waals surface area contributed by atoms with Crippen molar-refractivity contribution in [2.75, 3.05) is 26.3 Å². The van der Waals surface area contributed by atoms with Crippen LogP contribution in [0.2, 0.25) is 0 Å². The van der Waals surface area contributed by atoms with Crippen molar-refractivity contribution in [1.29, 1.82) is 0 Å². The third kappa shape index (κ3) is 6.10. The van der Waals surface area contributed by atoms with Crippen molar-refractivity contribution < 1.29 is 23.5 Å². The molecular formula is C21H24FN3O4. The maximum Gasteiger partial charge on any atom is 0.315 e. The fourth-order valence-corrected chi connectivity index (χ4v) is 2.93. The van der Waals surface area contributed by atoms with Crippen LogP contribution in [0.1, 0.15) is 24.1 Å². The van der Waals surface area contributed by atoms with Crippen molar-refractivity contribution in [2.24, 2.45) is 0 Å². The molecule has 0 saturated heterocycles. The van der Waals surface area contributed by atoms with Gasteiger partial charge < -0.3 is 25.4 Å². The Labute approximate surface area is 168 Å². The molecule has 0 fully saturated rings. The summed E-state index contributed by atoms with van der Waals surface area (Å²) in [5.41, 5.74) is 1.49. The van der Waals surface area contributed by atoms with Gasteiger partial charge in [-0.3, -0.25) is 4.79 Å². The summed E-state index contributed by atoms with van der Waals surface area (Å²) in [5.74, 6) is 0.762. The number of amides is 3. The Morgan fingerprint density at radius 2 is 1.79 bits per heavy atom. The number of rotatable bonds is 7. The Hall–Kier alpha value is -3.29. The summed E-state index contributed by atoms with van der Waals surface area (Å²) in [6.07, 6.45) is 0.0884. The molecule has 1 unspecified atom stereocenters. The Morgan fingerprint density at radius 3 is 2.59 bits per heavy atom. The lowest BCUT2D eigenvalue weighted by atomic mass is 10.1. The van der Waals surface area contributed by atoms with E-state index in [2.05, 4.69) is 16.0 Å². The standard InChI is InChI=1S/C21H24FN3O4/c1-14(16-5-6-18-19(13-16)29-10-9-28-18)25-21(27)24-8-7-23-20(26)12-15-3-2-4-17(22)11-15/h2-6,11,13-14H,7-10,12H2,1H3,(H,23,26)(H2,24,25,27). The quantitative estimate of drug-likeness (QED) is 0.622. The number of carbonyl (C=O) groups excluding carboxylic acids is 2. The molecule has 0 radical (unpaired) electrons. The monoisotopic (exact) mass is 401 g/mol. The van der Waals surface area contributed by atoms with Gasteiger partial charge in [0.15, 0.2) is 11.5 Å². The molecule has 1 atom stereocenters. The largest absolute Gasteiger partial charge is 0.486 e. The number of nitrogens with one attached hydrogen (secondary N) is 3. The summed E-state index contributed by atoms with van der Waals surface area (Å²) in [5, 5.41) is 8.22. The number of carbonyl (C=O) groups is 2. The summed E-state index contributed by atoms with van der Waals surface area (Å²) in [7, 11) is 0. The third-order valence-electron chi connectivity index (χ3n) is 4.40. The van der Waals surface area contributed by atoms with Crippen LogP contribution in [-0.2, 0) is 11.2 Å². The molecule has 0 bridgehead atoms. The molecule has 154 valence electrons. The Balaban J connectivity index is 1.37. The fourth-order valence-electron chi connectivity index (χ4n) is 2.93. The first kappa shape index (κ1) is 20.4. The predicted molar refractivity (Wildman–Crippen MR) is 105 cm³/mol. The van der Waals surface area contributed by atoms with Crippen LogP contribution < -0.4 is 25.4 Å². The minimum Gasteiger partial charge on any atom is -0.486 e. The van der Waals surface area contributed by atoms with Crippen molar-refractivity contribution in [3.8, 4) is 11.5 Å². The van der Waals surface area contributed by atoms with Crippen molar-refractivity contribution in [3.05, 3.63) is 59.4 Å². The lowest BCUT2D eigenvalue weighted by Crippen LogP contribution is -2.41. The molecule has 29 heavy (non-hydrogen) atoms. The van der Waals surface area contributed by atoms with Crippen LogP contribution in [0.3, 0.4) is 0 Å². The van der Waals surface area contributed by atoms with Gasteiger partial charge in [0.1, 0.15) is 19.0 Å². The molecule has 3 amide bonds. The number of fused-ring (bicyclic) bond motifs is 1. The first-order chi connectivity index (χ1) is 14.0. The predicted octanol–water partition coefficient (Wildman–Crippen LogP) is 2.32. The molecular weight excluding hydrogens is 377 g/mol. The summed E-state index contributed by atoms with van der Waals surface area (Å²) >= 11 is 0. The number of halogens is 1. The van der Waals surface area contributed by atoms with E-state index < -0.39 is 0 Å². The summed E-state index contributed by atoms with van der Waals surface area (Å²) in [6, 6.07) is 10.9. The van der Waals surface area contributed by atoms with Gasteiger partial charge in [-0.15, -0.1) is 0 Å². The fraction of sp³-hybridized carbons (Fsp3) is 0.333. The number of benzene rings is 2. The van der Waals surface area contributed by atoms with Crippen LogP contribution in [-0.4, -0.2) is 38.2 Å². The van der Waals surface area contributed by atoms with Crippen LogP contribution in [0.15, 0.2) is 42.5 Å². The summed E-state index contributed by atoms with van der Waals surface area (Å²) in [6.45, 7) is 3.45. The van der Waals surface area contributed by atoms with Gasteiger partial charge in [0.25, 0.3) is 0 Å². The van der Waals surface area contributed by atoms with E-state index in [1.807, 2.05) is 25.1 Å². The van der Waals surface area contributed by atoms with Crippen molar-refractivity contribution in [2.45, 2.75) is 19.4 Å². The first-order valence-electron chi connectivity index (χ1n) is 9.46. The Morgan fingerprint density at radius 1 is 1.03 bits per heavy atom. The highest BCUT2D eigenvalue weighted by Crippen LogP contribution is 2.32. The van der Waals surface area contributed by atoms with Crippen molar-refractivity contribution >= 4 is 11.9 Å². The molecule has 2 aromatic carbocycles. The highest BCUT2D eigenvalue weighted by atomic mass is 19.1. The smallest absolute Gasteiger partial charge is 0.315 e. The zero-order valence-corrected chi connectivity index (χ0v) is 16.2. The number of ether oxygens (including phenoxy) is 2. The van der Waals surface area contributed by atoms with Gasteiger partial charge in [0, 0.05) is 13.1 Å². The van der Waals surface area contributed by atoms with Crippen LogP contribution >= 0.6 is 0 Å². The van der Waals surface area contributed by atoms with Crippen molar-refractivity contribution in [3.63, 3.8) is 0 Å². The maximum atomic E-state index is 13.1. The average molecular weight is 401 g/mol. The second-order valence-corrected chi connectivity index (χ2v) is 6.68. The molecule has 3 N–H and O–H groups in total. The van der Waals surface area contributed by atoms with E-state index in [4.69, 9.17) is 9.47 Å². The van der Waals surface area contributed by atoms with Gasteiger partial charge in [0.05, 0.1) is 12.5 Å². The zero-order chi connectivity index (χ0) is 20.6. The molecule has 0 spiro atoms. The molecule has 0 saturated carbocycles. The van der Waals surface area contributed by atoms with Gasteiger partial charge >= 0.3 is 6.03 Å². The summed E-state index contributed by atoms with van der Waals surface area (Å²) < 4.78 is 24.2. The molecule has 2 aromatic rings. The Bertz CT molecular complexity index is 875. The van der Waals surface area contributed by atoms with E-state index in [-0.39, 0.29) is 43.3 Å². The second-order valence-electron chi connectivity index (χ2n) is 6.68. The second kappa shape index (κ2) is 9.77. The van der Waals surface area contributed by atoms with Gasteiger partial charge in [-0.1, -0.05) is 18.2 Å². The lowest BCUT2D eigenvalue weighted by molar-refractivity contribution is -0.120. The topological polar surface area (TPSA) is 88.7 Å². The van der Waals surface area contributed by atoms with E-state index in [0.717, 1.165) is 5.56 Å². The molecule has 8 heteroatoms. The van der Waals surface area contributed by atoms with E-state index >= 15 is 0 Å².